The van der Waals surface area contributed by atoms with E-state index in [0.29, 0.717) is 5.56 Å². The van der Waals surface area contributed by atoms with Crippen molar-refractivity contribution in [3.05, 3.63) is 109 Å². The third-order valence-corrected chi connectivity index (χ3v) is 5.33. The van der Waals surface area contributed by atoms with Crippen molar-refractivity contribution in [3.8, 4) is 0 Å². The molecule has 0 aliphatic rings. The molecule has 0 atom stereocenters. The van der Waals surface area contributed by atoms with E-state index in [1.54, 1.807) is 24.3 Å². The van der Waals surface area contributed by atoms with Gasteiger partial charge in [-0.1, -0.05) is 54.2 Å². The number of nitrogens with one attached hydrogen (secondary N) is 1. The molecular formula is C23H19N3OS. The van der Waals surface area contributed by atoms with Crippen molar-refractivity contribution in [2.45, 2.75) is 16.3 Å². The van der Waals surface area contributed by atoms with Crippen LogP contribution in [0.5, 0.6) is 0 Å². The summed E-state index contributed by atoms with van der Waals surface area (Å²) in [7, 11) is 0. The highest BCUT2D eigenvalue weighted by Gasteiger charge is 2.10. The first-order chi connectivity index (χ1) is 13.8. The van der Waals surface area contributed by atoms with E-state index < -0.39 is 0 Å². The molecule has 4 rings (SSSR count). The molecule has 138 valence electrons. The van der Waals surface area contributed by atoms with Crippen LogP contribution in [0.15, 0.2) is 107 Å². The fraction of sp³-hybridized carbons (Fsp3) is 0.0435. The van der Waals surface area contributed by atoms with Gasteiger partial charge < -0.3 is 9.88 Å². The van der Waals surface area contributed by atoms with Crippen LogP contribution in [0.4, 0.5) is 5.69 Å². The van der Waals surface area contributed by atoms with Crippen LogP contribution >= 0.6 is 11.8 Å². The Morgan fingerprint density at radius 2 is 1.68 bits per heavy atom. The Labute approximate surface area is 168 Å². The average Bonchev–Trinajstić information content (AvgIpc) is 3.24. The highest BCUT2D eigenvalue weighted by atomic mass is 32.2. The van der Waals surface area contributed by atoms with E-state index in [0.717, 1.165) is 27.6 Å². The van der Waals surface area contributed by atoms with Crippen molar-refractivity contribution in [2.75, 3.05) is 5.32 Å². The minimum atomic E-state index is -0.115. The van der Waals surface area contributed by atoms with Gasteiger partial charge in [0.15, 0.2) is 0 Å². The van der Waals surface area contributed by atoms with Gasteiger partial charge in [0.25, 0.3) is 5.91 Å². The third kappa shape index (κ3) is 4.50. The van der Waals surface area contributed by atoms with Crippen LogP contribution in [0, 0.1) is 0 Å². The second-order valence-electron chi connectivity index (χ2n) is 6.30. The number of anilines is 1. The van der Waals surface area contributed by atoms with E-state index >= 15 is 0 Å². The van der Waals surface area contributed by atoms with Crippen LogP contribution in [0.25, 0.3) is 0 Å². The Hall–Kier alpha value is -3.31. The van der Waals surface area contributed by atoms with Crippen molar-refractivity contribution >= 4 is 23.4 Å². The standard InChI is InChI=1S/C23H19N3OS/c27-23(19-12-10-18(11-13-19)16-26-15-14-24-17-26)25-21-8-4-5-9-22(21)28-20-6-2-1-3-7-20/h1-15,17H,16H2,(H,25,27). The van der Waals surface area contributed by atoms with E-state index in [4.69, 9.17) is 0 Å². The van der Waals surface area contributed by atoms with Gasteiger partial charge in [0.05, 0.1) is 12.0 Å². The van der Waals surface area contributed by atoms with Gasteiger partial charge in [0.2, 0.25) is 0 Å². The molecule has 0 unspecified atom stereocenters. The summed E-state index contributed by atoms with van der Waals surface area (Å²) >= 11 is 1.63. The van der Waals surface area contributed by atoms with Gasteiger partial charge in [-0.2, -0.15) is 0 Å². The van der Waals surface area contributed by atoms with Gasteiger partial charge in [-0.15, -0.1) is 0 Å². The number of hydrogen-bond donors (Lipinski definition) is 1. The van der Waals surface area contributed by atoms with Crippen LogP contribution < -0.4 is 5.32 Å². The number of hydrogen-bond acceptors (Lipinski definition) is 3. The first-order valence-corrected chi connectivity index (χ1v) is 9.77. The smallest absolute Gasteiger partial charge is 0.255 e. The second-order valence-corrected chi connectivity index (χ2v) is 7.41. The summed E-state index contributed by atoms with van der Waals surface area (Å²) in [6.07, 6.45) is 5.45. The van der Waals surface area contributed by atoms with E-state index in [1.165, 1.54) is 0 Å². The van der Waals surface area contributed by atoms with Crippen LogP contribution in [0.3, 0.4) is 0 Å². The van der Waals surface area contributed by atoms with Gasteiger partial charge in [0, 0.05) is 34.3 Å². The van der Waals surface area contributed by atoms with E-state index in [9.17, 15) is 4.79 Å². The Kier molecular flexibility index (Phi) is 5.54. The molecule has 5 heteroatoms. The molecule has 0 bridgehead atoms. The van der Waals surface area contributed by atoms with Crippen LogP contribution in [0.1, 0.15) is 15.9 Å². The zero-order chi connectivity index (χ0) is 19.2. The first-order valence-electron chi connectivity index (χ1n) is 8.96. The van der Waals surface area contributed by atoms with Crippen molar-refractivity contribution in [2.24, 2.45) is 0 Å². The molecule has 0 aliphatic carbocycles. The number of benzene rings is 3. The zero-order valence-corrected chi connectivity index (χ0v) is 16.0. The number of aromatic nitrogens is 2. The van der Waals surface area contributed by atoms with Crippen LogP contribution in [0.2, 0.25) is 0 Å². The molecule has 0 saturated heterocycles. The number of imidazole rings is 1. The molecule has 3 aromatic carbocycles. The summed E-state index contributed by atoms with van der Waals surface area (Å²) in [5.74, 6) is -0.115. The Balaban J connectivity index is 1.46. The zero-order valence-electron chi connectivity index (χ0n) is 15.2. The SMILES string of the molecule is O=C(Nc1ccccc1Sc1ccccc1)c1ccc(Cn2ccnc2)cc1. The molecule has 0 fully saturated rings. The summed E-state index contributed by atoms with van der Waals surface area (Å²) in [5.41, 5.74) is 2.56. The number of carbonyl (C=O) groups excluding carboxylic acids is 1. The maximum Gasteiger partial charge on any atom is 0.255 e. The fourth-order valence-electron chi connectivity index (χ4n) is 2.82. The third-order valence-electron chi connectivity index (χ3n) is 4.25. The number of para-hydroxylation sites is 1. The van der Waals surface area contributed by atoms with Gasteiger partial charge >= 0.3 is 0 Å². The monoisotopic (exact) mass is 385 g/mol. The topological polar surface area (TPSA) is 46.9 Å². The fourth-order valence-corrected chi connectivity index (χ4v) is 3.74. The molecular weight excluding hydrogens is 366 g/mol. The molecule has 0 radical (unpaired) electrons. The number of carbonyl (C=O) groups is 1. The summed E-state index contributed by atoms with van der Waals surface area (Å²) < 4.78 is 1.99. The first kappa shape index (κ1) is 18.1. The van der Waals surface area contributed by atoms with Crippen LogP contribution in [-0.4, -0.2) is 15.5 Å². The molecule has 0 spiro atoms. The lowest BCUT2D eigenvalue weighted by atomic mass is 10.1. The predicted molar refractivity (Wildman–Crippen MR) is 113 cm³/mol. The quantitative estimate of drug-likeness (QED) is 0.488. The Bertz CT molecular complexity index is 1040. The van der Waals surface area contributed by atoms with Crippen molar-refractivity contribution in [1.82, 2.24) is 9.55 Å². The molecule has 1 amide bonds. The second kappa shape index (κ2) is 8.59. The normalized spacial score (nSPS) is 10.6. The molecule has 0 aliphatic heterocycles. The van der Waals surface area contributed by atoms with E-state index in [-0.39, 0.29) is 5.91 Å². The predicted octanol–water partition coefficient (Wildman–Crippen LogP) is 5.33. The average molecular weight is 385 g/mol. The number of nitrogens with zero attached hydrogens (tertiary/aromatic N) is 2. The molecule has 1 heterocycles. The number of rotatable bonds is 6. The molecule has 28 heavy (non-hydrogen) atoms. The lowest BCUT2D eigenvalue weighted by molar-refractivity contribution is 0.102. The van der Waals surface area contributed by atoms with Gasteiger partial charge in [-0.3, -0.25) is 4.79 Å². The van der Waals surface area contributed by atoms with Crippen molar-refractivity contribution < 1.29 is 4.79 Å². The minimum absolute atomic E-state index is 0.115. The minimum Gasteiger partial charge on any atom is -0.333 e. The maximum atomic E-state index is 12.7. The number of amides is 1. The summed E-state index contributed by atoms with van der Waals surface area (Å²) in [5, 5.41) is 3.04. The molecule has 4 nitrogen and oxygen atoms in total. The summed E-state index contributed by atoms with van der Waals surface area (Å²) in [6, 6.07) is 25.6. The summed E-state index contributed by atoms with van der Waals surface area (Å²) in [4.78, 5) is 18.9. The lowest BCUT2D eigenvalue weighted by Gasteiger charge is -2.11. The Morgan fingerprint density at radius 1 is 0.929 bits per heavy atom. The van der Waals surface area contributed by atoms with Crippen molar-refractivity contribution in [3.63, 3.8) is 0 Å². The van der Waals surface area contributed by atoms with Gasteiger partial charge in [0.1, 0.15) is 0 Å². The largest absolute Gasteiger partial charge is 0.333 e. The maximum absolute atomic E-state index is 12.7. The summed E-state index contributed by atoms with van der Waals surface area (Å²) in [6.45, 7) is 0.735. The molecule has 4 aromatic rings. The lowest BCUT2D eigenvalue weighted by Crippen LogP contribution is -2.12. The molecule has 0 saturated carbocycles. The highest BCUT2D eigenvalue weighted by molar-refractivity contribution is 7.99. The van der Waals surface area contributed by atoms with Gasteiger partial charge in [-0.25, -0.2) is 4.98 Å². The van der Waals surface area contributed by atoms with Crippen molar-refractivity contribution in [1.29, 1.82) is 0 Å². The van der Waals surface area contributed by atoms with E-state index in [1.807, 2.05) is 77.5 Å². The van der Waals surface area contributed by atoms with E-state index in [2.05, 4.69) is 22.4 Å². The van der Waals surface area contributed by atoms with Crippen LogP contribution in [-0.2, 0) is 6.54 Å². The van der Waals surface area contributed by atoms with Gasteiger partial charge in [-0.05, 0) is 42.0 Å². The molecule has 1 aromatic heterocycles. The Morgan fingerprint density at radius 3 is 2.43 bits per heavy atom. The highest BCUT2D eigenvalue weighted by Crippen LogP contribution is 2.33. The molecule has 1 N–H and O–H groups in total.